The Morgan fingerprint density at radius 1 is 0.600 bits per heavy atom. The molecule has 0 atom stereocenters. The quantitative estimate of drug-likeness (QED) is 0.263. The molecule has 0 aromatic heterocycles. The van der Waals surface area contributed by atoms with Gasteiger partial charge in [0, 0.05) is 0 Å². The maximum Gasteiger partial charge on any atom is -0.000922 e. The monoisotopic (exact) mass is 343 g/mol. The molecule has 0 aliphatic rings. The predicted octanol–water partition coefficient (Wildman–Crippen LogP) is 8.67. The van der Waals surface area contributed by atoms with Gasteiger partial charge < -0.3 is 0 Å². The fourth-order valence-corrected chi connectivity index (χ4v) is 3.74. The Balaban J connectivity index is 1.90. The molecule has 25 heavy (non-hydrogen) atoms. The van der Waals surface area contributed by atoms with Crippen molar-refractivity contribution < 1.29 is 0 Å². The van der Waals surface area contributed by atoms with Gasteiger partial charge in [-0.05, 0) is 29.9 Å². The lowest BCUT2D eigenvalue weighted by Crippen LogP contribution is -1.97. The van der Waals surface area contributed by atoms with E-state index in [4.69, 9.17) is 0 Å². The molecule has 0 saturated heterocycles. The number of unbranched alkanes of at least 4 members (excludes halogenated alkanes) is 13. The van der Waals surface area contributed by atoms with Crippen molar-refractivity contribution in [1.29, 1.82) is 0 Å². The highest BCUT2D eigenvalue weighted by Crippen LogP contribution is 2.21. The first kappa shape index (κ1) is 22.3. The van der Waals surface area contributed by atoms with Crippen LogP contribution in [0.2, 0.25) is 0 Å². The van der Waals surface area contributed by atoms with E-state index in [1.54, 1.807) is 5.56 Å². The lowest BCUT2D eigenvalue weighted by molar-refractivity contribution is 0.535. The first-order valence-corrected chi connectivity index (χ1v) is 11.1. The smallest absolute Gasteiger partial charge is 0.000922 e. The lowest BCUT2D eigenvalue weighted by Gasteiger charge is -2.11. The largest absolute Gasteiger partial charge is 0.0654 e. The Bertz CT molecular complexity index is 404. The first-order valence-electron chi connectivity index (χ1n) is 11.1. The fraction of sp³-hybridized carbons (Fsp3) is 0.720. The minimum absolute atomic E-state index is 1.25. The summed E-state index contributed by atoms with van der Waals surface area (Å²) >= 11 is 0. The molecule has 0 amide bonds. The van der Waals surface area contributed by atoms with Crippen molar-refractivity contribution in [3.8, 4) is 0 Å². The second-order valence-corrected chi connectivity index (χ2v) is 8.00. The summed E-state index contributed by atoms with van der Waals surface area (Å²) in [5.41, 5.74) is 3.01. The third kappa shape index (κ3) is 11.4. The van der Waals surface area contributed by atoms with Crippen molar-refractivity contribution in [1.82, 2.24) is 0 Å². The molecule has 0 unspecified atom stereocenters. The second-order valence-electron chi connectivity index (χ2n) is 8.00. The molecule has 0 N–H and O–H groups in total. The number of hydrogen-bond acceptors (Lipinski definition) is 0. The van der Waals surface area contributed by atoms with Crippen LogP contribution in [0.15, 0.2) is 24.3 Å². The third-order valence-electron chi connectivity index (χ3n) is 5.36. The van der Waals surface area contributed by atoms with E-state index in [1.165, 1.54) is 108 Å². The average Bonchev–Trinajstić information content (AvgIpc) is 2.62. The third-order valence-corrected chi connectivity index (χ3v) is 5.36. The fourth-order valence-electron chi connectivity index (χ4n) is 3.74. The average molecular weight is 344 g/mol. The Morgan fingerprint density at radius 3 is 1.52 bits per heavy atom. The summed E-state index contributed by atoms with van der Waals surface area (Å²) in [7, 11) is 0. The maximum absolute atomic E-state index is 2.31. The van der Waals surface area contributed by atoms with Gasteiger partial charge in [0.15, 0.2) is 0 Å². The van der Waals surface area contributed by atoms with E-state index in [0.717, 1.165) is 0 Å². The molecule has 0 heteroatoms. The molecule has 0 aliphatic heterocycles. The zero-order valence-electron chi connectivity index (χ0n) is 17.4. The highest BCUT2D eigenvalue weighted by atomic mass is 14.1. The zero-order chi connectivity index (χ0) is 18.2. The van der Waals surface area contributed by atoms with Crippen molar-refractivity contribution in [3.05, 3.63) is 41.3 Å². The summed E-state index contributed by atoms with van der Waals surface area (Å²) in [5.74, 6) is 1.45. The van der Waals surface area contributed by atoms with E-state index < -0.39 is 0 Å². The van der Waals surface area contributed by atoms with Gasteiger partial charge in [-0.1, -0.05) is 129 Å². The van der Waals surface area contributed by atoms with E-state index in [2.05, 4.69) is 45.0 Å². The maximum atomic E-state index is 2.31. The van der Waals surface area contributed by atoms with Gasteiger partial charge in [-0.25, -0.2) is 0 Å². The van der Waals surface area contributed by atoms with Gasteiger partial charge in [-0.2, -0.15) is 0 Å². The second kappa shape index (κ2) is 15.5. The molecule has 0 nitrogen and oxygen atoms in total. The molecule has 0 bridgehead atoms. The number of rotatable bonds is 16. The summed E-state index contributed by atoms with van der Waals surface area (Å²) in [4.78, 5) is 0. The van der Waals surface area contributed by atoms with Crippen LogP contribution in [-0.4, -0.2) is 0 Å². The molecular formula is C25H43. The number of hydrogen-bond donors (Lipinski definition) is 0. The molecule has 0 saturated carbocycles. The zero-order valence-corrected chi connectivity index (χ0v) is 17.4. The highest BCUT2D eigenvalue weighted by molar-refractivity contribution is 5.36. The molecule has 0 fully saturated rings. The number of benzene rings is 1. The van der Waals surface area contributed by atoms with Crippen LogP contribution in [0.4, 0.5) is 0 Å². The van der Waals surface area contributed by atoms with E-state index >= 15 is 0 Å². The molecule has 1 aromatic rings. The van der Waals surface area contributed by atoms with Crippen LogP contribution in [0.5, 0.6) is 0 Å². The van der Waals surface area contributed by atoms with Crippen LogP contribution in [0.3, 0.4) is 0 Å². The van der Waals surface area contributed by atoms with E-state index in [9.17, 15) is 0 Å². The van der Waals surface area contributed by atoms with Gasteiger partial charge in [0.2, 0.25) is 0 Å². The van der Waals surface area contributed by atoms with Crippen molar-refractivity contribution in [3.63, 3.8) is 0 Å². The van der Waals surface area contributed by atoms with Crippen LogP contribution in [0.1, 0.15) is 122 Å². The van der Waals surface area contributed by atoms with E-state index in [1.807, 2.05) is 0 Å². The van der Waals surface area contributed by atoms with Crippen LogP contribution >= 0.6 is 0 Å². The Hall–Kier alpha value is -0.780. The van der Waals surface area contributed by atoms with Crippen molar-refractivity contribution in [2.24, 2.45) is 0 Å². The standard InChI is InChI=1S/C25H43/c1-4-5-6-7-8-9-10-11-12-13-14-15-16-17-20-24-21-18-19-22-25(24)23(2)3/h18-19,21-22H,4-17,20H2,1-3H3. The highest BCUT2D eigenvalue weighted by Gasteiger charge is 2.05. The van der Waals surface area contributed by atoms with Gasteiger partial charge in [-0.3, -0.25) is 0 Å². The van der Waals surface area contributed by atoms with Gasteiger partial charge in [-0.15, -0.1) is 0 Å². The van der Waals surface area contributed by atoms with Crippen LogP contribution < -0.4 is 0 Å². The van der Waals surface area contributed by atoms with Crippen LogP contribution in [0.25, 0.3) is 0 Å². The summed E-state index contributed by atoms with van der Waals surface area (Å²) in [6.07, 6.45) is 21.4. The Kier molecular flexibility index (Phi) is 13.8. The topological polar surface area (TPSA) is 0 Å². The van der Waals surface area contributed by atoms with Gasteiger partial charge in [0.05, 0.1) is 0 Å². The van der Waals surface area contributed by atoms with Crippen molar-refractivity contribution >= 4 is 0 Å². The van der Waals surface area contributed by atoms with Crippen LogP contribution in [0, 0.1) is 5.92 Å². The molecule has 0 heterocycles. The SMILES string of the molecule is CCCCCCCCCCCCCCCCc1ccccc1[C](C)C. The lowest BCUT2D eigenvalue weighted by atomic mass is 9.93. The summed E-state index contributed by atoms with van der Waals surface area (Å²) in [5, 5.41) is 0. The van der Waals surface area contributed by atoms with E-state index in [0.29, 0.717) is 0 Å². The first-order chi connectivity index (χ1) is 12.3. The predicted molar refractivity (Wildman–Crippen MR) is 114 cm³/mol. The summed E-state index contributed by atoms with van der Waals surface area (Å²) < 4.78 is 0. The van der Waals surface area contributed by atoms with Gasteiger partial charge >= 0.3 is 0 Å². The van der Waals surface area contributed by atoms with Crippen LogP contribution in [-0.2, 0) is 6.42 Å². The minimum atomic E-state index is 1.25. The molecule has 1 aromatic carbocycles. The minimum Gasteiger partial charge on any atom is -0.0654 e. The molecular weight excluding hydrogens is 300 g/mol. The summed E-state index contributed by atoms with van der Waals surface area (Å²) in [6.45, 7) is 6.75. The molecule has 1 radical (unpaired) electrons. The molecule has 1 rings (SSSR count). The van der Waals surface area contributed by atoms with Gasteiger partial charge in [0.25, 0.3) is 0 Å². The van der Waals surface area contributed by atoms with Crippen molar-refractivity contribution in [2.75, 3.05) is 0 Å². The summed E-state index contributed by atoms with van der Waals surface area (Å²) in [6, 6.07) is 8.93. The molecule has 143 valence electrons. The van der Waals surface area contributed by atoms with Gasteiger partial charge in [0.1, 0.15) is 0 Å². The molecule has 0 aliphatic carbocycles. The normalized spacial score (nSPS) is 11.4. The van der Waals surface area contributed by atoms with Crippen molar-refractivity contribution in [2.45, 2.75) is 117 Å². The Labute approximate surface area is 158 Å². The molecule has 0 spiro atoms. The Morgan fingerprint density at radius 2 is 1.04 bits per heavy atom. The number of aryl methyl sites for hydroxylation is 1. The van der Waals surface area contributed by atoms with E-state index in [-0.39, 0.29) is 0 Å².